The monoisotopic (exact) mass is 386 g/mol. The predicted octanol–water partition coefficient (Wildman–Crippen LogP) is 4.96. The summed E-state index contributed by atoms with van der Waals surface area (Å²) in [5.41, 5.74) is 2.74. The summed E-state index contributed by atoms with van der Waals surface area (Å²) in [6.07, 6.45) is 5.53. The van der Waals surface area contributed by atoms with Gasteiger partial charge < -0.3 is 9.80 Å². The number of benzene rings is 2. The molecule has 1 saturated heterocycles. The third kappa shape index (κ3) is 5.14. The summed E-state index contributed by atoms with van der Waals surface area (Å²) >= 11 is 0. The number of nitrogens with zero attached hydrogens (tertiary/aromatic N) is 4. The van der Waals surface area contributed by atoms with Gasteiger partial charge in [-0.1, -0.05) is 60.7 Å². The second-order valence-electron chi connectivity index (χ2n) is 7.83. The van der Waals surface area contributed by atoms with Crippen LogP contribution in [0, 0.1) is 5.92 Å². The Labute approximate surface area is 174 Å². The Balaban J connectivity index is 1.38. The largest absolute Gasteiger partial charge is 0.356 e. The second kappa shape index (κ2) is 9.55. The molecule has 2 heterocycles. The van der Waals surface area contributed by atoms with Crippen molar-refractivity contribution in [1.29, 1.82) is 0 Å². The highest BCUT2D eigenvalue weighted by Crippen LogP contribution is 2.25. The molecule has 1 aliphatic heterocycles. The van der Waals surface area contributed by atoms with Crippen molar-refractivity contribution in [2.24, 2.45) is 5.92 Å². The number of hydrogen-bond acceptors (Lipinski definition) is 4. The fourth-order valence-corrected chi connectivity index (χ4v) is 4.11. The van der Waals surface area contributed by atoms with E-state index >= 15 is 0 Å². The third-order valence-corrected chi connectivity index (χ3v) is 5.81. The Hall–Kier alpha value is -2.88. The molecule has 0 unspecified atom stereocenters. The highest BCUT2D eigenvalue weighted by atomic mass is 15.3. The summed E-state index contributed by atoms with van der Waals surface area (Å²) in [5.74, 6) is 2.64. The fourth-order valence-electron chi connectivity index (χ4n) is 4.11. The normalized spacial score (nSPS) is 14.7. The molecular formula is C25H30N4. The second-order valence-corrected chi connectivity index (χ2v) is 7.83. The third-order valence-electron chi connectivity index (χ3n) is 5.81. The van der Waals surface area contributed by atoms with Crippen molar-refractivity contribution in [3.8, 4) is 0 Å². The molecule has 0 spiro atoms. The summed E-state index contributed by atoms with van der Waals surface area (Å²) in [6, 6.07) is 23.5. The van der Waals surface area contributed by atoms with Crippen LogP contribution < -0.4 is 9.80 Å². The van der Waals surface area contributed by atoms with Gasteiger partial charge in [0, 0.05) is 32.4 Å². The quantitative estimate of drug-likeness (QED) is 0.574. The Morgan fingerprint density at radius 3 is 2.21 bits per heavy atom. The van der Waals surface area contributed by atoms with Gasteiger partial charge in [0.15, 0.2) is 0 Å². The number of hydrogen-bond donors (Lipinski definition) is 0. The van der Waals surface area contributed by atoms with Crippen molar-refractivity contribution in [2.75, 3.05) is 29.4 Å². The minimum Gasteiger partial charge on any atom is -0.356 e. The fraction of sp³-hybridized carbons (Fsp3) is 0.360. The van der Waals surface area contributed by atoms with Gasteiger partial charge in [-0.05, 0) is 49.3 Å². The lowest BCUT2D eigenvalue weighted by atomic mass is 9.90. The lowest BCUT2D eigenvalue weighted by Crippen LogP contribution is -2.35. The molecule has 4 rings (SSSR count). The van der Waals surface area contributed by atoms with Gasteiger partial charge in [-0.3, -0.25) is 0 Å². The van der Waals surface area contributed by atoms with E-state index in [2.05, 4.69) is 88.4 Å². The van der Waals surface area contributed by atoms with Gasteiger partial charge >= 0.3 is 0 Å². The van der Waals surface area contributed by atoms with Crippen LogP contribution in [0.2, 0.25) is 0 Å². The van der Waals surface area contributed by atoms with Gasteiger partial charge in [-0.15, -0.1) is 0 Å². The lowest BCUT2D eigenvalue weighted by molar-refractivity contribution is 0.402. The van der Waals surface area contributed by atoms with Gasteiger partial charge in [0.25, 0.3) is 0 Å². The molecule has 150 valence electrons. The zero-order valence-corrected chi connectivity index (χ0v) is 17.2. The van der Waals surface area contributed by atoms with Crippen LogP contribution in [0.3, 0.4) is 0 Å². The molecule has 0 bridgehead atoms. The van der Waals surface area contributed by atoms with E-state index in [1.165, 1.54) is 30.4 Å². The van der Waals surface area contributed by atoms with Crippen LogP contribution in [0.5, 0.6) is 0 Å². The Morgan fingerprint density at radius 1 is 0.897 bits per heavy atom. The van der Waals surface area contributed by atoms with E-state index in [-0.39, 0.29) is 0 Å². The lowest BCUT2D eigenvalue weighted by Gasteiger charge is -2.33. The first-order valence-corrected chi connectivity index (χ1v) is 10.7. The summed E-state index contributed by atoms with van der Waals surface area (Å²) in [7, 11) is 0. The smallest absolute Gasteiger partial charge is 0.227 e. The molecule has 1 aliphatic rings. The van der Waals surface area contributed by atoms with Crippen molar-refractivity contribution in [2.45, 2.75) is 32.7 Å². The van der Waals surface area contributed by atoms with Crippen LogP contribution in [0.15, 0.2) is 72.9 Å². The molecule has 0 atom stereocenters. The average molecular weight is 387 g/mol. The summed E-state index contributed by atoms with van der Waals surface area (Å²) in [4.78, 5) is 14.1. The van der Waals surface area contributed by atoms with Crippen molar-refractivity contribution in [1.82, 2.24) is 9.97 Å². The van der Waals surface area contributed by atoms with Crippen molar-refractivity contribution in [3.63, 3.8) is 0 Å². The van der Waals surface area contributed by atoms with E-state index < -0.39 is 0 Å². The number of rotatable bonds is 7. The molecule has 29 heavy (non-hydrogen) atoms. The molecule has 2 aromatic carbocycles. The number of aromatic nitrogens is 2. The van der Waals surface area contributed by atoms with Crippen LogP contribution in [0.1, 0.15) is 30.9 Å². The van der Waals surface area contributed by atoms with Crippen molar-refractivity contribution in [3.05, 3.63) is 84.1 Å². The molecule has 1 fully saturated rings. The maximum Gasteiger partial charge on any atom is 0.227 e. The van der Waals surface area contributed by atoms with Crippen molar-refractivity contribution >= 4 is 11.8 Å². The first-order valence-electron chi connectivity index (χ1n) is 10.7. The molecule has 4 nitrogen and oxygen atoms in total. The summed E-state index contributed by atoms with van der Waals surface area (Å²) in [5, 5.41) is 0. The van der Waals surface area contributed by atoms with Gasteiger partial charge in [-0.2, -0.15) is 4.98 Å². The zero-order valence-electron chi connectivity index (χ0n) is 17.2. The van der Waals surface area contributed by atoms with Crippen LogP contribution in [-0.2, 0) is 13.0 Å². The molecule has 1 aromatic heterocycles. The van der Waals surface area contributed by atoms with Gasteiger partial charge in [0.1, 0.15) is 5.82 Å². The first-order chi connectivity index (χ1) is 14.3. The van der Waals surface area contributed by atoms with Gasteiger partial charge in [0.05, 0.1) is 0 Å². The molecule has 3 aromatic rings. The Bertz CT molecular complexity index is 874. The maximum absolute atomic E-state index is 4.91. The molecular weight excluding hydrogens is 356 g/mol. The highest BCUT2D eigenvalue weighted by molar-refractivity contribution is 5.44. The first kappa shape index (κ1) is 19.4. The van der Waals surface area contributed by atoms with E-state index in [1.54, 1.807) is 0 Å². The van der Waals surface area contributed by atoms with E-state index in [4.69, 9.17) is 4.98 Å². The maximum atomic E-state index is 4.91. The zero-order chi connectivity index (χ0) is 19.9. The minimum atomic E-state index is 0.764. The summed E-state index contributed by atoms with van der Waals surface area (Å²) in [6.45, 7) is 6.02. The number of piperidine rings is 1. The van der Waals surface area contributed by atoms with E-state index in [9.17, 15) is 0 Å². The Kier molecular flexibility index (Phi) is 6.40. The van der Waals surface area contributed by atoms with E-state index in [0.29, 0.717) is 0 Å². The SMILES string of the molecule is CCN(Cc1ccccc1)c1nccc(N2CCC(Cc3ccccc3)CC2)n1. The molecule has 4 heteroatoms. The van der Waals surface area contributed by atoms with Crippen LogP contribution >= 0.6 is 0 Å². The van der Waals surface area contributed by atoms with Gasteiger partial charge in [0.2, 0.25) is 5.95 Å². The van der Waals surface area contributed by atoms with Crippen LogP contribution in [-0.4, -0.2) is 29.6 Å². The topological polar surface area (TPSA) is 32.3 Å². The van der Waals surface area contributed by atoms with E-state index in [0.717, 1.165) is 43.9 Å². The van der Waals surface area contributed by atoms with Crippen LogP contribution in [0.4, 0.5) is 11.8 Å². The van der Waals surface area contributed by atoms with E-state index in [1.807, 2.05) is 6.20 Å². The minimum absolute atomic E-state index is 0.764. The number of anilines is 2. The standard InChI is InChI=1S/C25H30N4/c1-2-28(20-23-11-7-4-8-12-23)25-26-16-13-24(27-25)29-17-14-22(15-18-29)19-21-9-5-3-6-10-21/h3-13,16,22H,2,14-15,17-20H2,1H3. The average Bonchev–Trinajstić information content (AvgIpc) is 2.79. The molecule has 0 saturated carbocycles. The molecule has 0 N–H and O–H groups in total. The molecule has 0 radical (unpaired) electrons. The summed E-state index contributed by atoms with van der Waals surface area (Å²) < 4.78 is 0. The molecule has 0 aliphatic carbocycles. The highest BCUT2D eigenvalue weighted by Gasteiger charge is 2.21. The Morgan fingerprint density at radius 2 is 1.55 bits per heavy atom. The molecule has 0 amide bonds. The van der Waals surface area contributed by atoms with Gasteiger partial charge in [-0.25, -0.2) is 4.98 Å². The van der Waals surface area contributed by atoms with Crippen molar-refractivity contribution < 1.29 is 0 Å². The predicted molar refractivity (Wildman–Crippen MR) is 120 cm³/mol. The van der Waals surface area contributed by atoms with Crippen LogP contribution in [0.25, 0.3) is 0 Å².